The number of nitrogens with one attached hydrogen (secondary N) is 2. The molecule has 0 radical (unpaired) electrons. The Morgan fingerprint density at radius 2 is 1.67 bits per heavy atom. The molecule has 0 fully saturated rings. The van der Waals surface area contributed by atoms with Gasteiger partial charge in [-0.1, -0.05) is 64.5 Å². The maximum atomic E-state index is 14.5. The highest BCUT2D eigenvalue weighted by Crippen LogP contribution is 2.26. The summed E-state index contributed by atoms with van der Waals surface area (Å²) >= 11 is 3.23. The molecule has 2 N–H and O–H groups in total. The predicted molar refractivity (Wildman–Crippen MR) is 114 cm³/mol. The highest BCUT2D eigenvalue weighted by atomic mass is 79.9. The van der Waals surface area contributed by atoms with Gasteiger partial charge in [0.25, 0.3) is 0 Å². The minimum Gasteiger partial charge on any atom is -0.347 e. The molecule has 0 aliphatic rings. The third kappa shape index (κ3) is 5.97. The van der Waals surface area contributed by atoms with Gasteiger partial charge in [-0.15, -0.1) is 0 Å². The summed E-state index contributed by atoms with van der Waals surface area (Å²) in [5.74, 6) is -1.78. The molecule has 0 saturated carbocycles. The Morgan fingerprint density at radius 3 is 2.37 bits per heavy atom. The van der Waals surface area contributed by atoms with Crippen LogP contribution in [0, 0.1) is 11.6 Å². The monoisotopic (exact) mass is 472 g/mol. The number of carbonyl (C=O) groups is 2. The lowest BCUT2D eigenvalue weighted by atomic mass is 9.98. The van der Waals surface area contributed by atoms with Gasteiger partial charge in [-0.3, -0.25) is 9.59 Å². The Labute approximate surface area is 181 Å². The zero-order chi connectivity index (χ0) is 21.5. The zero-order valence-corrected chi connectivity index (χ0v) is 17.5. The molecule has 0 aromatic heterocycles. The van der Waals surface area contributed by atoms with E-state index in [1.807, 2.05) is 6.07 Å². The van der Waals surface area contributed by atoms with E-state index in [9.17, 15) is 18.4 Å². The largest absolute Gasteiger partial charge is 0.347 e. The molecule has 0 aliphatic carbocycles. The van der Waals surface area contributed by atoms with Gasteiger partial charge in [-0.25, -0.2) is 8.78 Å². The third-order valence-corrected chi connectivity index (χ3v) is 4.90. The average Bonchev–Trinajstić information content (AvgIpc) is 2.72. The Kier molecular flexibility index (Phi) is 7.30. The van der Waals surface area contributed by atoms with Gasteiger partial charge in [-0.05, 0) is 35.4 Å². The fourth-order valence-electron chi connectivity index (χ4n) is 3.01. The molecule has 1 unspecified atom stereocenters. The van der Waals surface area contributed by atoms with E-state index in [4.69, 9.17) is 0 Å². The van der Waals surface area contributed by atoms with Gasteiger partial charge in [0.05, 0.1) is 19.0 Å². The van der Waals surface area contributed by atoms with Gasteiger partial charge in [0.1, 0.15) is 11.6 Å². The van der Waals surface area contributed by atoms with E-state index in [0.717, 1.165) is 0 Å². The van der Waals surface area contributed by atoms with Crippen molar-refractivity contribution in [2.45, 2.75) is 12.5 Å². The van der Waals surface area contributed by atoms with E-state index < -0.39 is 29.5 Å². The van der Waals surface area contributed by atoms with Gasteiger partial charge >= 0.3 is 0 Å². The van der Waals surface area contributed by atoms with E-state index in [-0.39, 0.29) is 13.0 Å². The molecule has 3 rings (SSSR count). The summed E-state index contributed by atoms with van der Waals surface area (Å²) in [5.41, 5.74) is 1.52. The van der Waals surface area contributed by atoms with Gasteiger partial charge in [0, 0.05) is 10.0 Å². The number of benzene rings is 3. The highest BCUT2D eigenvalue weighted by molar-refractivity contribution is 9.10. The highest BCUT2D eigenvalue weighted by Gasteiger charge is 2.20. The van der Waals surface area contributed by atoms with Crippen LogP contribution in [-0.2, 0) is 16.0 Å². The van der Waals surface area contributed by atoms with Gasteiger partial charge in [0.15, 0.2) is 0 Å². The van der Waals surface area contributed by atoms with Crippen molar-refractivity contribution in [2.24, 2.45) is 0 Å². The molecule has 30 heavy (non-hydrogen) atoms. The smallest absolute Gasteiger partial charge is 0.240 e. The Hall–Kier alpha value is -3.06. The van der Waals surface area contributed by atoms with Crippen LogP contribution in [-0.4, -0.2) is 18.4 Å². The van der Waals surface area contributed by atoms with Crippen molar-refractivity contribution in [1.82, 2.24) is 10.6 Å². The average molecular weight is 473 g/mol. The molecule has 0 saturated heterocycles. The van der Waals surface area contributed by atoms with Crippen molar-refractivity contribution in [3.05, 3.63) is 106 Å². The fraction of sp³-hybridized carbons (Fsp3) is 0.130. The molecule has 0 spiro atoms. The van der Waals surface area contributed by atoms with E-state index in [0.29, 0.717) is 21.2 Å². The van der Waals surface area contributed by atoms with E-state index >= 15 is 0 Å². The number of halogens is 3. The Bertz CT molecular complexity index is 1040. The van der Waals surface area contributed by atoms with Crippen LogP contribution in [0.3, 0.4) is 0 Å². The van der Waals surface area contributed by atoms with Crippen molar-refractivity contribution in [1.29, 1.82) is 0 Å². The lowest BCUT2D eigenvalue weighted by Gasteiger charge is -2.21. The van der Waals surface area contributed by atoms with Crippen molar-refractivity contribution >= 4 is 27.7 Å². The summed E-state index contributed by atoms with van der Waals surface area (Å²) in [7, 11) is 0. The maximum absolute atomic E-state index is 14.5. The fourth-order valence-corrected chi connectivity index (χ4v) is 3.34. The first-order chi connectivity index (χ1) is 14.4. The first-order valence-corrected chi connectivity index (χ1v) is 10.0. The molecule has 0 heterocycles. The van der Waals surface area contributed by atoms with Crippen LogP contribution in [0.4, 0.5) is 8.78 Å². The second-order valence-electron chi connectivity index (χ2n) is 6.66. The third-order valence-electron chi connectivity index (χ3n) is 4.41. The van der Waals surface area contributed by atoms with Crippen LogP contribution >= 0.6 is 15.9 Å². The van der Waals surface area contributed by atoms with Gasteiger partial charge < -0.3 is 10.6 Å². The number of carbonyl (C=O) groups excluding carboxylic acids is 2. The van der Waals surface area contributed by atoms with Crippen LogP contribution in [0.2, 0.25) is 0 Å². The normalized spacial score (nSPS) is 11.6. The van der Waals surface area contributed by atoms with Crippen LogP contribution in [0.1, 0.15) is 22.7 Å². The second kappa shape index (κ2) is 10.1. The molecule has 0 bridgehead atoms. The van der Waals surface area contributed by atoms with E-state index in [1.54, 1.807) is 42.5 Å². The number of amides is 2. The summed E-state index contributed by atoms with van der Waals surface area (Å²) in [6, 6.07) is 18.6. The van der Waals surface area contributed by atoms with Crippen LogP contribution in [0.5, 0.6) is 0 Å². The summed E-state index contributed by atoms with van der Waals surface area (Å²) in [4.78, 5) is 24.5. The second-order valence-corrected chi connectivity index (χ2v) is 7.58. The molecule has 154 valence electrons. The first kappa shape index (κ1) is 21.6. The maximum Gasteiger partial charge on any atom is 0.240 e. The van der Waals surface area contributed by atoms with E-state index in [1.165, 1.54) is 24.3 Å². The molecule has 0 aliphatic heterocycles. The first-order valence-electron chi connectivity index (χ1n) is 9.23. The lowest BCUT2D eigenvalue weighted by Crippen LogP contribution is -2.39. The zero-order valence-electron chi connectivity index (χ0n) is 15.9. The number of rotatable bonds is 7. The quantitative estimate of drug-likeness (QED) is 0.538. The van der Waals surface area contributed by atoms with Crippen LogP contribution < -0.4 is 10.6 Å². The number of hydrogen-bond donors (Lipinski definition) is 2. The molecule has 4 nitrogen and oxygen atoms in total. The summed E-state index contributed by atoms with van der Waals surface area (Å²) < 4.78 is 28.4. The van der Waals surface area contributed by atoms with Crippen molar-refractivity contribution in [2.75, 3.05) is 6.54 Å². The molecule has 1 atom stereocenters. The number of hydrogen-bond acceptors (Lipinski definition) is 2. The minimum atomic E-state index is -0.716. The van der Waals surface area contributed by atoms with Gasteiger partial charge in [-0.2, -0.15) is 0 Å². The SMILES string of the molecule is O=C(Cc1cccc(F)c1)NCC(=O)NC(c1ccccc1)c1ccc(Br)cc1F. The summed E-state index contributed by atoms with van der Waals surface area (Å²) in [6.45, 7) is -0.282. The lowest BCUT2D eigenvalue weighted by molar-refractivity contribution is -0.126. The van der Waals surface area contributed by atoms with E-state index in [2.05, 4.69) is 26.6 Å². The molecule has 2 amide bonds. The Balaban J connectivity index is 1.67. The van der Waals surface area contributed by atoms with Crippen molar-refractivity contribution < 1.29 is 18.4 Å². The Morgan fingerprint density at radius 1 is 0.900 bits per heavy atom. The standard InChI is InChI=1S/C23H19BrF2N2O2/c24-17-9-10-19(20(26)13-17)23(16-6-2-1-3-7-16)28-22(30)14-27-21(29)12-15-5-4-8-18(25)11-15/h1-11,13,23H,12,14H2,(H,27,29)(H,28,30). The molecular formula is C23H19BrF2N2O2. The molecule has 3 aromatic rings. The summed E-state index contributed by atoms with van der Waals surface area (Å²) in [5, 5.41) is 5.28. The van der Waals surface area contributed by atoms with Gasteiger partial charge in [0.2, 0.25) is 11.8 Å². The minimum absolute atomic E-state index is 0.0471. The van der Waals surface area contributed by atoms with Crippen LogP contribution in [0.25, 0.3) is 0 Å². The molecule has 3 aromatic carbocycles. The molecular weight excluding hydrogens is 454 g/mol. The topological polar surface area (TPSA) is 58.2 Å². The molecule has 7 heteroatoms. The predicted octanol–water partition coefficient (Wildman–Crippen LogP) is 4.29. The summed E-state index contributed by atoms with van der Waals surface area (Å²) in [6.07, 6.45) is -0.0471. The van der Waals surface area contributed by atoms with Crippen molar-refractivity contribution in [3.8, 4) is 0 Å². The van der Waals surface area contributed by atoms with Crippen molar-refractivity contribution in [3.63, 3.8) is 0 Å². The van der Waals surface area contributed by atoms with Crippen LogP contribution in [0.15, 0.2) is 77.3 Å².